The quantitative estimate of drug-likeness (QED) is 0.681. The molecule has 1 saturated heterocycles. The molecule has 1 unspecified atom stereocenters. The van der Waals surface area contributed by atoms with E-state index in [4.69, 9.17) is 0 Å². The predicted molar refractivity (Wildman–Crippen MR) is 89.5 cm³/mol. The molecule has 1 aliphatic rings. The molecular formula is C17H14BrF2N3. The first-order chi connectivity index (χ1) is 11.0. The average molecular weight is 378 g/mol. The monoisotopic (exact) mass is 377 g/mol. The van der Waals surface area contributed by atoms with Crippen molar-refractivity contribution in [3.8, 4) is 11.3 Å². The summed E-state index contributed by atoms with van der Waals surface area (Å²) in [6.07, 6.45) is 1.49. The summed E-state index contributed by atoms with van der Waals surface area (Å²) in [5.41, 5.74) is 1.82. The number of H-pyrrole nitrogens is 1. The van der Waals surface area contributed by atoms with Crippen LogP contribution in [0.1, 0.15) is 18.3 Å². The molecule has 0 bridgehead atoms. The van der Waals surface area contributed by atoms with E-state index < -0.39 is 12.0 Å². The van der Waals surface area contributed by atoms with Crippen molar-refractivity contribution in [3.63, 3.8) is 0 Å². The van der Waals surface area contributed by atoms with Gasteiger partial charge in [-0.1, -0.05) is 34.1 Å². The number of imidazole rings is 1. The van der Waals surface area contributed by atoms with Crippen molar-refractivity contribution in [1.29, 1.82) is 0 Å². The topological polar surface area (TPSA) is 40.7 Å². The highest BCUT2D eigenvalue weighted by Crippen LogP contribution is 2.33. The number of alkyl halides is 2. The number of benzene rings is 2. The highest BCUT2D eigenvalue weighted by Gasteiger charge is 2.40. The minimum Gasteiger partial charge on any atom is -0.341 e. The summed E-state index contributed by atoms with van der Waals surface area (Å²) in [4.78, 5) is 7.44. The van der Waals surface area contributed by atoms with Crippen LogP contribution in [0.5, 0.6) is 0 Å². The van der Waals surface area contributed by atoms with Crippen LogP contribution in [0.25, 0.3) is 22.0 Å². The van der Waals surface area contributed by atoms with E-state index in [1.165, 1.54) is 0 Å². The second-order valence-electron chi connectivity index (χ2n) is 5.88. The highest BCUT2D eigenvalue weighted by atomic mass is 79.9. The van der Waals surface area contributed by atoms with Crippen molar-refractivity contribution in [2.45, 2.75) is 18.4 Å². The van der Waals surface area contributed by atoms with E-state index >= 15 is 0 Å². The fourth-order valence-corrected chi connectivity index (χ4v) is 3.33. The number of aromatic nitrogens is 2. The van der Waals surface area contributed by atoms with Crippen molar-refractivity contribution in [2.24, 2.45) is 0 Å². The summed E-state index contributed by atoms with van der Waals surface area (Å²) in [6.45, 7) is -0.293. The maximum absolute atomic E-state index is 13.3. The third kappa shape index (κ3) is 2.88. The third-order valence-corrected chi connectivity index (χ3v) is 4.64. The molecule has 0 radical (unpaired) electrons. The summed E-state index contributed by atoms with van der Waals surface area (Å²) < 4.78 is 27.7. The normalized spacial score (nSPS) is 20.2. The van der Waals surface area contributed by atoms with Gasteiger partial charge in [0.25, 0.3) is 5.92 Å². The Balaban J connectivity index is 1.65. The van der Waals surface area contributed by atoms with Gasteiger partial charge in [-0.3, -0.25) is 0 Å². The molecule has 0 saturated carbocycles. The minimum absolute atomic E-state index is 0.217. The number of hydrogen-bond donors (Lipinski definition) is 2. The maximum Gasteiger partial charge on any atom is 0.262 e. The first-order valence-corrected chi connectivity index (χ1v) is 8.15. The van der Waals surface area contributed by atoms with Crippen LogP contribution in [0.2, 0.25) is 0 Å². The molecule has 2 N–H and O–H groups in total. The van der Waals surface area contributed by atoms with E-state index in [0.29, 0.717) is 5.82 Å². The van der Waals surface area contributed by atoms with Crippen LogP contribution >= 0.6 is 15.9 Å². The number of rotatable bonds is 2. The van der Waals surface area contributed by atoms with Crippen molar-refractivity contribution in [2.75, 3.05) is 6.54 Å². The molecular weight excluding hydrogens is 364 g/mol. The number of halogens is 3. The number of fused-ring (bicyclic) bond motifs is 1. The van der Waals surface area contributed by atoms with Gasteiger partial charge < -0.3 is 10.3 Å². The molecule has 1 aliphatic heterocycles. The number of nitrogens with one attached hydrogen (secondary N) is 2. The van der Waals surface area contributed by atoms with Crippen molar-refractivity contribution in [3.05, 3.63) is 52.9 Å². The van der Waals surface area contributed by atoms with Gasteiger partial charge in [-0.15, -0.1) is 0 Å². The number of nitrogens with zero attached hydrogens (tertiary/aromatic N) is 1. The Bertz CT molecular complexity index is 875. The second-order valence-corrected chi connectivity index (χ2v) is 6.80. The van der Waals surface area contributed by atoms with Crippen LogP contribution in [0.15, 0.2) is 47.1 Å². The van der Waals surface area contributed by atoms with Gasteiger partial charge in [0.1, 0.15) is 5.82 Å². The molecule has 1 atom stereocenters. The van der Waals surface area contributed by atoms with E-state index in [2.05, 4.69) is 43.3 Å². The zero-order valence-electron chi connectivity index (χ0n) is 12.1. The Hall–Kier alpha value is -1.79. The zero-order valence-corrected chi connectivity index (χ0v) is 13.7. The Kier molecular flexibility index (Phi) is 3.46. The van der Waals surface area contributed by atoms with Crippen LogP contribution in [0, 0.1) is 0 Å². The van der Waals surface area contributed by atoms with Gasteiger partial charge in [-0.05, 0) is 29.0 Å². The smallest absolute Gasteiger partial charge is 0.262 e. The minimum atomic E-state index is -2.66. The molecule has 0 spiro atoms. The molecule has 0 amide bonds. The molecule has 1 aromatic heterocycles. The van der Waals surface area contributed by atoms with Gasteiger partial charge in [0.05, 0.1) is 24.5 Å². The lowest BCUT2D eigenvalue weighted by atomic mass is 10.1. The van der Waals surface area contributed by atoms with Crippen molar-refractivity contribution >= 4 is 26.7 Å². The number of hydrogen-bond acceptors (Lipinski definition) is 2. The fraction of sp³-hybridized carbons (Fsp3) is 0.235. The molecule has 23 heavy (non-hydrogen) atoms. The zero-order chi connectivity index (χ0) is 16.0. The maximum atomic E-state index is 13.3. The lowest BCUT2D eigenvalue weighted by Crippen LogP contribution is -2.19. The standard InChI is InChI=1S/C17H14BrF2N3/c18-13-4-3-10-5-12(2-1-11(10)6-13)15-8-21-16(23-15)14-7-17(19,20)9-22-14/h1-6,8,14,22H,7,9H2,(H,21,23). The Morgan fingerprint density at radius 3 is 2.70 bits per heavy atom. The highest BCUT2D eigenvalue weighted by molar-refractivity contribution is 9.10. The second kappa shape index (κ2) is 5.39. The van der Waals surface area contributed by atoms with E-state index in [0.717, 1.165) is 26.5 Å². The Morgan fingerprint density at radius 2 is 1.91 bits per heavy atom. The van der Waals surface area contributed by atoms with Crippen LogP contribution in [0.4, 0.5) is 8.78 Å². The predicted octanol–water partition coefficient (Wildman–Crippen LogP) is 4.66. The molecule has 2 heterocycles. The van der Waals surface area contributed by atoms with Gasteiger partial charge in [-0.25, -0.2) is 13.8 Å². The largest absolute Gasteiger partial charge is 0.341 e. The van der Waals surface area contributed by atoms with Gasteiger partial charge in [-0.2, -0.15) is 0 Å². The molecule has 6 heteroatoms. The van der Waals surface area contributed by atoms with Crippen LogP contribution < -0.4 is 5.32 Å². The molecule has 3 aromatic rings. The van der Waals surface area contributed by atoms with E-state index in [9.17, 15) is 8.78 Å². The van der Waals surface area contributed by atoms with E-state index in [1.807, 2.05) is 24.3 Å². The van der Waals surface area contributed by atoms with Crippen LogP contribution in [-0.2, 0) is 0 Å². The van der Waals surface area contributed by atoms with Crippen LogP contribution in [-0.4, -0.2) is 22.4 Å². The summed E-state index contributed by atoms with van der Waals surface area (Å²) in [5, 5.41) is 5.07. The average Bonchev–Trinajstić information content (AvgIpc) is 3.13. The lowest BCUT2D eigenvalue weighted by Gasteiger charge is -2.07. The van der Waals surface area contributed by atoms with Gasteiger partial charge in [0, 0.05) is 16.5 Å². The fourth-order valence-electron chi connectivity index (χ4n) is 2.95. The van der Waals surface area contributed by atoms with E-state index in [-0.39, 0.29) is 13.0 Å². The SMILES string of the molecule is FC1(F)CNC(c2ncc(-c3ccc4cc(Br)ccc4c3)[nH]2)C1. The summed E-state index contributed by atoms with van der Waals surface area (Å²) in [5.74, 6) is -2.10. The summed E-state index contributed by atoms with van der Waals surface area (Å²) >= 11 is 3.46. The lowest BCUT2D eigenvalue weighted by molar-refractivity contribution is 0.0208. The first-order valence-electron chi connectivity index (χ1n) is 7.36. The molecule has 3 nitrogen and oxygen atoms in total. The van der Waals surface area contributed by atoms with Gasteiger partial charge in [0.2, 0.25) is 0 Å². The Morgan fingerprint density at radius 1 is 1.13 bits per heavy atom. The third-order valence-electron chi connectivity index (χ3n) is 4.15. The Labute approximate surface area is 140 Å². The van der Waals surface area contributed by atoms with Gasteiger partial charge >= 0.3 is 0 Å². The molecule has 4 rings (SSSR count). The molecule has 2 aromatic carbocycles. The number of aromatic amines is 1. The first kappa shape index (κ1) is 14.8. The van der Waals surface area contributed by atoms with E-state index in [1.54, 1.807) is 6.20 Å². The molecule has 0 aliphatic carbocycles. The summed E-state index contributed by atoms with van der Waals surface area (Å²) in [7, 11) is 0. The van der Waals surface area contributed by atoms with Crippen molar-refractivity contribution < 1.29 is 8.78 Å². The van der Waals surface area contributed by atoms with Gasteiger partial charge in [0.15, 0.2) is 0 Å². The van der Waals surface area contributed by atoms with Crippen molar-refractivity contribution in [1.82, 2.24) is 15.3 Å². The van der Waals surface area contributed by atoms with Crippen LogP contribution in [0.3, 0.4) is 0 Å². The molecule has 118 valence electrons. The molecule has 1 fully saturated rings. The summed E-state index contributed by atoms with van der Waals surface area (Å²) in [6, 6.07) is 11.8.